The van der Waals surface area contributed by atoms with Crippen LogP contribution in [0.2, 0.25) is 0 Å². The first-order valence-electron chi connectivity index (χ1n) is 7.71. The maximum Gasteiger partial charge on any atom is 0.286 e. The number of carbonyl (C=O) groups is 1. The molecule has 2 heterocycles. The summed E-state index contributed by atoms with van der Waals surface area (Å²) in [5.41, 5.74) is 0.841. The standard InChI is InChI=1S/C18H18N2O2S/c1-2-12-22-15-9-5-4-8-14(15)13-16-17(21)19-18(23-16)20-10-6-3-7-11-20/h1,4-5,8-9,13H,3,6-7,10-12H2/b16-13-. The van der Waals surface area contributed by atoms with E-state index < -0.39 is 0 Å². The fourth-order valence-electron chi connectivity index (χ4n) is 2.61. The van der Waals surface area contributed by atoms with Gasteiger partial charge in [-0.2, -0.15) is 4.99 Å². The molecule has 0 N–H and O–H groups in total. The van der Waals surface area contributed by atoms with Crippen LogP contribution in [0.4, 0.5) is 0 Å². The summed E-state index contributed by atoms with van der Waals surface area (Å²) in [5.74, 6) is 2.95. The van der Waals surface area contributed by atoms with Gasteiger partial charge < -0.3 is 9.64 Å². The number of nitrogens with zero attached hydrogens (tertiary/aromatic N) is 2. The van der Waals surface area contributed by atoms with Crippen molar-refractivity contribution >= 4 is 28.9 Å². The number of hydrogen-bond acceptors (Lipinski definition) is 4. The van der Waals surface area contributed by atoms with Crippen LogP contribution in [0.25, 0.3) is 6.08 Å². The Hall–Kier alpha value is -2.19. The lowest BCUT2D eigenvalue weighted by Crippen LogP contribution is -2.33. The average molecular weight is 326 g/mol. The second kappa shape index (κ2) is 7.38. The van der Waals surface area contributed by atoms with Crippen LogP contribution in [0.5, 0.6) is 5.75 Å². The first-order valence-corrected chi connectivity index (χ1v) is 8.52. The number of amides is 1. The van der Waals surface area contributed by atoms with Crippen LogP contribution in [0.1, 0.15) is 24.8 Å². The number of para-hydroxylation sites is 1. The number of likely N-dealkylation sites (tertiary alicyclic amines) is 1. The molecule has 0 spiro atoms. The van der Waals surface area contributed by atoms with E-state index in [1.807, 2.05) is 30.3 Å². The number of ether oxygens (including phenoxy) is 1. The minimum atomic E-state index is -0.178. The van der Waals surface area contributed by atoms with Gasteiger partial charge in [0, 0.05) is 18.7 Å². The highest BCUT2D eigenvalue weighted by atomic mass is 32.2. The molecule has 2 aliphatic heterocycles. The molecule has 1 saturated heterocycles. The molecule has 23 heavy (non-hydrogen) atoms. The third-order valence-corrected chi connectivity index (χ3v) is 4.80. The molecule has 2 aliphatic rings. The number of benzene rings is 1. The summed E-state index contributed by atoms with van der Waals surface area (Å²) in [7, 11) is 0. The van der Waals surface area contributed by atoms with E-state index in [9.17, 15) is 4.79 Å². The lowest BCUT2D eigenvalue weighted by atomic mass is 10.1. The molecule has 3 rings (SSSR count). The van der Waals surface area contributed by atoms with Gasteiger partial charge in [0.15, 0.2) is 5.17 Å². The predicted molar refractivity (Wildman–Crippen MR) is 94.2 cm³/mol. The first kappa shape index (κ1) is 15.7. The third-order valence-electron chi connectivity index (χ3n) is 3.75. The van der Waals surface area contributed by atoms with E-state index in [-0.39, 0.29) is 12.5 Å². The Labute approximate surface area is 140 Å². The fraction of sp³-hybridized carbons (Fsp3) is 0.333. The van der Waals surface area contributed by atoms with Crippen LogP contribution in [0, 0.1) is 12.3 Å². The molecule has 1 aromatic rings. The predicted octanol–water partition coefficient (Wildman–Crippen LogP) is 3.15. The highest BCUT2D eigenvalue weighted by Gasteiger charge is 2.27. The van der Waals surface area contributed by atoms with E-state index in [1.54, 1.807) is 0 Å². The second-order valence-corrected chi connectivity index (χ2v) is 6.40. The molecule has 1 fully saturated rings. The average Bonchev–Trinajstić information content (AvgIpc) is 2.96. The van der Waals surface area contributed by atoms with Crippen molar-refractivity contribution in [3.05, 3.63) is 34.7 Å². The van der Waals surface area contributed by atoms with E-state index in [0.717, 1.165) is 36.7 Å². The Bertz CT molecular complexity index is 697. The molecule has 1 amide bonds. The third kappa shape index (κ3) is 3.77. The highest BCUT2D eigenvalue weighted by Crippen LogP contribution is 2.33. The Kier molecular flexibility index (Phi) is 5.04. The minimum absolute atomic E-state index is 0.178. The first-order chi connectivity index (χ1) is 11.3. The van der Waals surface area contributed by atoms with E-state index in [4.69, 9.17) is 11.2 Å². The quantitative estimate of drug-likeness (QED) is 0.632. The van der Waals surface area contributed by atoms with Gasteiger partial charge in [-0.3, -0.25) is 4.79 Å². The number of rotatable bonds is 3. The zero-order valence-electron chi connectivity index (χ0n) is 12.8. The molecule has 4 nitrogen and oxygen atoms in total. The molecule has 0 atom stereocenters. The molecule has 0 unspecified atom stereocenters. The van der Waals surface area contributed by atoms with Gasteiger partial charge in [-0.1, -0.05) is 24.1 Å². The number of hydrogen-bond donors (Lipinski definition) is 0. The smallest absolute Gasteiger partial charge is 0.286 e. The molecule has 0 bridgehead atoms. The largest absolute Gasteiger partial charge is 0.480 e. The number of thioether (sulfide) groups is 1. The lowest BCUT2D eigenvalue weighted by molar-refractivity contribution is -0.113. The summed E-state index contributed by atoms with van der Waals surface area (Å²) in [5, 5.41) is 0.822. The Morgan fingerprint density at radius 3 is 2.87 bits per heavy atom. The highest BCUT2D eigenvalue weighted by molar-refractivity contribution is 8.18. The summed E-state index contributed by atoms with van der Waals surface area (Å²) in [6, 6.07) is 7.55. The van der Waals surface area contributed by atoms with Gasteiger partial charge in [-0.05, 0) is 43.2 Å². The monoisotopic (exact) mass is 326 g/mol. The summed E-state index contributed by atoms with van der Waals surface area (Å²) in [6.45, 7) is 2.17. The van der Waals surface area contributed by atoms with Gasteiger partial charge in [-0.25, -0.2) is 0 Å². The lowest BCUT2D eigenvalue weighted by Gasteiger charge is -2.27. The summed E-state index contributed by atoms with van der Waals surface area (Å²) >= 11 is 1.44. The number of terminal acetylenes is 1. The van der Waals surface area contributed by atoms with Gasteiger partial charge in [0.2, 0.25) is 0 Å². The molecule has 0 aromatic heterocycles. The van der Waals surface area contributed by atoms with E-state index >= 15 is 0 Å². The summed E-state index contributed by atoms with van der Waals surface area (Å²) in [6.07, 6.45) is 10.7. The van der Waals surface area contributed by atoms with Crippen molar-refractivity contribution < 1.29 is 9.53 Å². The Balaban J connectivity index is 1.77. The van der Waals surface area contributed by atoms with Crippen molar-refractivity contribution in [2.75, 3.05) is 19.7 Å². The topological polar surface area (TPSA) is 41.9 Å². The van der Waals surface area contributed by atoms with Gasteiger partial charge >= 0.3 is 0 Å². The number of amidine groups is 1. The SMILES string of the molecule is C#CCOc1ccccc1/C=C1\SC(N2CCCCC2)=NC1=O. The number of carbonyl (C=O) groups excluding carboxylic acids is 1. The molecule has 118 valence electrons. The summed E-state index contributed by atoms with van der Waals surface area (Å²) in [4.78, 5) is 19.2. The maximum atomic E-state index is 12.2. The summed E-state index contributed by atoms with van der Waals surface area (Å²) < 4.78 is 5.53. The molecule has 1 aromatic carbocycles. The zero-order chi connectivity index (χ0) is 16.1. The van der Waals surface area contributed by atoms with E-state index in [0.29, 0.717) is 10.7 Å². The van der Waals surface area contributed by atoms with Crippen molar-refractivity contribution in [2.24, 2.45) is 4.99 Å². The number of piperidine rings is 1. The van der Waals surface area contributed by atoms with Gasteiger partial charge in [0.05, 0.1) is 4.91 Å². The molecule has 0 radical (unpaired) electrons. The van der Waals surface area contributed by atoms with Gasteiger partial charge in [0.25, 0.3) is 5.91 Å². The molecule has 0 saturated carbocycles. The molecular formula is C18H18N2O2S. The van der Waals surface area contributed by atoms with E-state index in [2.05, 4.69) is 15.8 Å². The minimum Gasteiger partial charge on any atom is -0.480 e. The van der Waals surface area contributed by atoms with Gasteiger partial charge in [-0.15, -0.1) is 6.42 Å². The van der Waals surface area contributed by atoms with Crippen LogP contribution in [0.3, 0.4) is 0 Å². The van der Waals surface area contributed by atoms with Crippen molar-refractivity contribution in [1.82, 2.24) is 4.90 Å². The molecular weight excluding hydrogens is 308 g/mol. The normalized spacial score (nSPS) is 19.6. The Morgan fingerprint density at radius 2 is 2.09 bits per heavy atom. The zero-order valence-corrected chi connectivity index (χ0v) is 13.6. The Morgan fingerprint density at radius 1 is 1.30 bits per heavy atom. The van der Waals surface area contributed by atoms with Crippen molar-refractivity contribution in [3.63, 3.8) is 0 Å². The van der Waals surface area contributed by atoms with Crippen LogP contribution >= 0.6 is 11.8 Å². The maximum absolute atomic E-state index is 12.2. The molecule has 5 heteroatoms. The van der Waals surface area contributed by atoms with Crippen LogP contribution in [-0.2, 0) is 4.79 Å². The van der Waals surface area contributed by atoms with Crippen molar-refractivity contribution in [3.8, 4) is 18.1 Å². The second-order valence-electron chi connectivity index (χ2n) is 5.39. The van der Waals surface area contributed by atoms with E-state index in [1.165, 1.54) is 18.2 Å². The fourth-order valence-corrected chi connectivity index (χ4v) is 3.57. The number of aliphatic imine (C=N–C) groups is 1. The molecule has 0 aliphatic carbocycles. The van der Waals surface area contributed by atoms with Crippen LogP contribution in [-0.4, -0.2) is 35.7 Å². The van der Waals surface area contributed by atoms with Crippen LogP contribution in [0.15, 0.2) is 34.2 Å². The van der Waals surface area contributed by atoms with Gasteiger partial charge in [0.1, 0.15) is 12.4 Å². The van der Waals surface area contributed by atoms with Crippen molar-refractivity contribution in [2.45, 2.75) is 19.3 Å². The van der Waals surface area contributed by atoms with Crippen LogP contribution < -0.4 is 4.74 Å². The van der Waals surface area contributed by atoms with Crippen molar-refractivity contribution in [1.29, 1.82) is 0 Å².